The molecule has 19 heavy (non-hydrogen) atoms. The first-order valence-electron chi connectivity index (χ1n) is 7.01. The predicted molar refractivity (Wildman–Crippen MR) is 77.8 cm³/mol. The van der Waals surface area contributed by atoms with Crippen LogP contribution in [0.3, 0.4) is 0 Å². The van der Waals surface area contributed by atoms with Crippen LogP contribution < -0.4 is 11.1 Å². The van der Waals surface area contributed by atoms with E-state index in [-0.39, 0.29) is 0 Å². The SMILES string of the molecule is CCCCOCC(O)CNCc1ccccc1CN. The summed E-state index contributed by atoms with van der Waals surface area (Å²) in [6.07, 6.45) is 1.70. The summed E-state index contributed by atoms with van der Waals surface area (Å²) < 4.78 is 5.37. The van der Waals surface area contributed by atoms with Crippen molar-refractivity contribution in [2.45, 2.75) is 39.0 Å². The molecule has 0 amide bonds. The summed E-state index contributed by atoms with van der Waals surface area (Å²) >= 11 is 0. The van der Waals surface area contributed by atoms with Gasteiger partial charge in [-0.25, -0.2) is 0 Å². The number of unbranched alkanes of at least 4 members (excludes halogenated alkanes) is 1. The van der Waals surface area contributed by atoms with E-state index >= 15 is 0 Å². The lowest BCUT2D eigenvalue weighted by Gasteiger charge is -2.13. The normalized spacial score (nSPS) is 12.6. The van der Waals surface area contributed by atoms with Gasteiger partial charge in [0.15, 0.2) is 0 Å². The lowest BCUT2D eigenvalue weighted by Crippen LogP contribution is -2.30. The van der Waals surface area contributed by atoms with E-state index < -0.39 is 6.10 Å². The van der Waals surface area contributed by atoms with Crippen molar-refractivity contribution in [2.75, 3.05) is 19.8 Å². The summed E-state index contributed by atoms with van der Waals surface area (Å²) in [4.78, 5) is 0. The van der Waals surface area contributed by atoms with E-state index in [9.17, 15) is 5.11 Å². The van der Waals surface area contributed by atoms with Gasteiger partial charge in [-0.1, -0.05) is 37.6 Å². The van der Waals surface area contributed by atoms with Crippen LogP contribution in [0.5, 0.6) is 0 Å². The topological polar surface area (TPSA) is 67.5 Å². The second-order valence-electron chi connectivity index (χ2n) is 4.69. The second-order valence-corrected chi connectivity index (χ2v) is 4.69. The van der Waals surface area contributed by atoms with Crippen molar-refractivity contribution in [1.82, 2.24) is 5.32 Å². The van der Waals surface area contributed by atoms with Crippen molar-refractivity contribution < 1.29 is 9.84 Å². The Kier molecular flexibility index (Phi) is 8.41. The van der Waals surface area contributed by atoms with Crippen LogP contribution in [-0.4, -0.2) is 31.0 Å². The molecular formula is C15H26N2O2. The van der Waals surface area contributed by atoms with E-state index in [1.807, 2.05) is 18.2 Å². The number of hydrogen-bond acceptors (Lipinski definition) is 4. The maximum absolute atomic E-state index is 9.74. The van der Waals surface area contributed by atoms with Crippen LogP contribution >= 0.6 is 0 Å². The fourth-order valence-electron chi connectivity index (χ4n) is 1.83. The van der Waals surface area contributed by atoms with Crippen molar-refractivity contribution in [1.29, 1.82) is 0 Å². The minimum absolute atomic E-state index is 0.394. The molecule has 4 heteroatoms. The third kappa shape index (κ3) is 6.68. The Bertz CT molecular complexity index is 345. The largest absolute Gasteiger partial charge is 0.389 e. The van der Waals surface area contributed by atoms with Gasteiger partial charge in [0.2, 0.25) is 0 Å². The molecule has 0 fully saturated rings. The monoisotopic (exact) mass is 266 g/mol. The van der Waals surface area contributed by atoms with Crippen LogP contribution in [-0.2, 0) is 17.8 Å². The molecule has 0 aliphatic heterocycles. The summed E-state index contributed by atoms with van der Waals surface area (Å²) in [6, 6.07) is 8.07. The first kappa shape index (κ1) is 16.1. The highest BCUT2D eigenvalue weighted by Gasteiger charge is 2.05. The van der Waals surface area contributed by atoms with Gasteiger partial charge in [0.05, 0.1) is 12.7 Å². The third-order valence-corrected chi connectivity index (χ3v) is 2.99. The quantitative estimate of drug-likeness (QED) is 0.560. The van der Waals surface area contributed by atoms with E-state index in [2.05, 4.69) is 18.3 Å². The van der Waals surface area contributed by atoms with Crippen LogP contribution in [0, 0.1) is 0 Å². The first-order chi connectivity index (χ1) is 9.27. The van der Waals surface area contributed by atoms with Gasteiger partial charge in [-0.15, -0.1) is 0 Å². The molecule has 1 aromatic rings. The van der Waals surface area contributed by atoms with Gasteiger partial charge in [-0.2, -0.15) is 0 Å². The Morgan fingerprint density at radius 2 is 2.05 bits per heavy atom. The lowest BCUT2D eigenvalue weighted by atomic mass is 10.1. The van der Waals surface area contributed by atoms with Crippen molar-refractivity contribution in [3.05, 3.63) is 35.4 Å². The molecule has 108 valence electrons. The summed E-state index contributed by atoms with van der Waals surface area (Å²) in [5, 5.41) is 13.0. The van der Waals surface area contributed by atoms with E-state index in [1.54, 1.807) is 0 Å². The molecule has 0 radical (unpaired) electrons. The zero-order valence-corrected chi connectivity index (χ0v) is 11.8. The highest BCUT2D eigenvalue weighted by molar-refractivity contribution is 5.26. The van der Waals surface area contributed by atoms with Crippen molar-refractivity contribution >= 4 is 0 Å². The highest BCUT2D eigenvalue weighted by Crippen LogP contribution is 2.07. The average molecular weight is 266 g/mol. The Hall–Kier alpha value is -0.940. The summed E-state index contributed by atoms with van der Waals surface area (Å²) in [7, 11) is 0. The van der Waals surface area contributed by atoms with Crippen molar-refractivity contribution in [3.8, 4) is 0 Å². The van der Waals surface area contributed by atoms with Crippen LogP contribution in [0.1, 0.15) is 30.9 Å². The molecule has 0 heterocycles. The molecule has 0 aliphatic carbocycles. The highest BCUT2D eigenvalue weighted by atomic mass is 16.5. The molecule has 1 aromatic carbocycles. The number of nitrogens with one attached hydrogen (secondary N) is 1. The van der Waals surface area contributed by atoms with E-state index in [0.29, 0.717) is 19.7 Å². The first-order valence-corrected chi connectivity index (χ1v) is 7.01. The number of benzene rings is 1. The minimum Gasteiger partial charge on any atom is -0.389 e. The van der Waals surface area contributed by atoms with Gasteiger partial charge in [0.25, 0.3) is 0 Å². The van der Waals surface area contributed by atoms with E-state index in [1.165, 1.54) is 5.56 Å². The van der Waals surface area contributed by atoms with Gasteiger partial charge < -0.3 is 20.9 Å². The summed E-state index contributed by atoms with van der Waals surface area (Å²) in [5.41, 5.74) is 8.01. The van der Waals surface area contributed by atoms with E-state index in [4.69, 9.17) is 10.5 Å². The molecule has 0 spiro atoms. The smallest absolute Gasteiger partial charge is 0.0897 e. The van der Waals surface area contributed by atoms with Gasteiger partial charge >= 0.3 is 0 Å². The molecule has 0 aliphatic rings. The number of ether oxygens (including phenoxy) is 1. The molecule has 1 rings (SSSR count). The predicted octanol–water partition coefficient (Wildman–Crippen LogP) is 1.41. The molecule has 0 bridgehead atoms. The van der Waals surface area contributed by atoms with Crippen LogP contribution in [0.2, 0.25) is 0 Å². The second kappa shape index (κ2) is 9.92. The fraction of sp³-hybridized carbons (Fsp3) is 0.600. The standard InChI is InChI=1S/C15H26N2O2/c1-2-3-8-19-12-15(18)11-17-10-14-7-5-4-6-13(14)9-16/h4-7,15,17-18H,2-3,8-12,16H2,1H3. The van der Waals surface area contributed by atoms with Gasteiger partial charge in [-0.05, 0) is 17.5 Å². The van der Waals surface area contributed by atoms with Crippen LogP contribution in [0.25, 0.3) is 0 Å². The third-order valence-electron chi connectivity index (χ3n) is 2.99. The van der Waals surface area contributed by atoms with E-state index in [0.717, 1.165) is 31.6 Å². The van der Waals surface area contributed by atoms with Gasteiger partial charge in [0.1, 0.15) is 0 Å². The Morgan fingerprint density at radius 3 is 2.74 bits per heavy atom. The van der Waals surface area contributed by atoms with Gasteiger partial charge in [0, 0.05) is 26.2 Å². The Balaban J connectivity index is 2.18. The van der Waals surface area contributed by atoms with Crippen molar-refractivity contribution in [3.63, 3.8) is 0 Å². The number of aliphatic hydroxyl groups is 1. The van der Waals surface area contributed by atoms with Crippen LogP contribution in [0.15, 0.2) is 24.3 Å². The number of rotatable bonds is 10. The molecule has 0 saturated carbocycles. The van der Waals surface area contributed by atoms with Crippen molar-refractivity contribution in [2.24, 2.45) is 5.73 Å². The average Bonchev–Trinajstić information content (AvgIpc) is 2.44. The number of aliphatic hydroxyl groups excluding tert-OH is 1. The molecule has 4 nitrogen and oxygen atoms in total. The summed E-state index contributed by atoms with van der Waals surface area (Å²) in [6.45, 7) is 5.04. The minimum atomic E-state index is -0.457. The maximum atomic E-state index is 9.74. The number of hydrogen-bond donors (Lipinski definition) is 3. The van der Waals surface area contributed by atoms with Gasteiger partial charge in [-0.3, -0.25) is 0 Å². The maximum Gasteiger partial charge on any atom is 0.0897 e. The molecule has 4 N–H and O–H groups in total. The van der Waals surface area contributed by atoms with Crippen LogP contribution in [0.4, 0.5) is 0 Å². The summed E-state index contributed by atoms with van der Waals surface area (Å²) in [5.74, 6) is 0. The fourth-order valence-corrected chi connectivity index (χ4v) is 1.83. The molecule has 1 atom stereocenters. The zero-order valence-electron chi connectivity index (χ0n) is 11.8. The number of nitrogens with two attached hydrogens (primary N) is 1. The Labute approximate surface area is 116 Å². The molecule has 0 aromatic heterocycles. The molecular weight excluding hydrogens is 240 g/mol. The molecule has 1 unspecified atom stereocenters. The zero-order chi connectivity index (χ0) is 13.9. The Morgan fingerprint density at radius 1 is 1.32 bits per heavy atom. The lowest BCUT2D eigenvalue weighted by molar-refractivity contribution is 0.0358. The molecule has 0 saturated heterocycles.